The highest BCUT2D eigenvalue weighted by Gasteiger charge is 2.15. The van der Waals surface area contributed by atoms with Crippen LogP contribution in [-0.2, 0) is 18.5 Å². The van der Waals surface area contributed by atoms with Gasteiger partial charge in [-0.1, -0.05) is 13.3 Å². The van der Waals surface area contributed by atoms with E-state index < -0.39 is 9.05 Å². The summed E-state index contributed by atoms with van der Waals surface area (Å²) in [5, 5.41) is 0. The second kappa shape index (κ2) is 8.33. The number of hydrogen-bond acceptors (Lipinski definition) is 4. The molecule has 0 amide bonds. The highest BCUT2D eigenvalue weighted by Crippen LogP contribution is 2.10. The fraction of sp³-hybridized carbons (Fsp3) is 1.00. The monoisotopic (exact) mass is 258 g/mol. The molecule has 0 aromatic carbocycles. The molecule has 0 aromatic heterocycles. The summed E-state index contributed by atoms with van der Waals surface area (Å²) in [5.41, 5.74) is 0. The lowest BCUT2D eigenvalue weighted by atomic mass is 10.1. The second-order valence-corrected chi connectivity index (χ2v) is 6.07. The Kier molecular flexibility index (Phi) is 8.42. The van der Waals surface area contributed by atoms with Crippen LogP contribution in [0.4, 0.5) is 0 Å². The Morgan fingerprint density at radius 2 is 1.80 bits per heavy atom. The van der Waals surface area contributed by atoms with E-state index in [1.54, 1.807) is 0 Å². The Morgan fingerprint density at radius 1 is 1.20 bits per heavy atom. The Hall–Kier alpha value is 0.160. The molecule has 0 radical (unpaired) electrons. The third-order valence-electron chi connectivity index (χ3n) is 1.94. The molecule has 0 aromatic rings. The normalized spacial score (nSPS) is 14.1. The van der Waals surface area contributed by atoms with Crippen molar-refractivity contribution in [3.63, 3.8) is 0 Å². The van der Waals surface area contributed by atoms with Gasteiger partial charge in [-0.15, -0.1) is 0 Å². The first-order valence-electron chi connectivity index (χ1n) is 5.07. The molecule has 0 spiro atoms. The van der Waals surface area contributed by atoms with Crippen molar-refractivity contribution in [3.8, 4) is 0 Å². The van der Waals surface area contributed by atoms with Gasteiger partial charge in [0, 0.05) is 17.3 Å². The molecular formula is C9H19ClO4S. The van der Waals surface area contributed by atoms with Crippen LogP contribution in [0, 0.1) is 5.92 Å². The summed E-state index contributed by atoms with van der Waals surface area (Å²) in [6.07, 6.45) is 0.737. The molecule has 0 N–H and O–H groups in total. The average Bonchev–Trinajstić information content (AvgIpc) is 2.14. The smallest absolute Gasteiger partial charge is 0.232 e. The molecule has 0 heterocycles. The minimum Gasteiger partial charge on any atom is -0.379 e. The van der Waals surface area contributed by atoms with E-state index in [-0.39, 0.29) is 11.7 Å². The molecule has 1 unspecified atom stereocenters. The van der Waals surface area contributed by atoms with Gasteiger partial charge in [0.2, 0.25) is 9.05 Å². The van der Waals surface area contributed by atoms with E-state index in [0.29, 0.717) is 26.4 Å². The van der Waals surface area contributed by atoms with E-state index >= 15 is 0 Å². The first-order valence-corrected chi connectivity index (χ1v) is 7.55. The lowest BCUT2D eigenvalue weighted by Crippen LogP contribution is -2.18. The van der Waals surface area contributed by atoms with E-state index in [2.05, 4.69) is 0 Å². The van der Waals surface area contributed by atoms with Gasteiger partial charge in [-0.25, -0.2) is 8.42 Å². The fourth-order valence-corrected chi connectivity index (χ4v) is 2.51. The lowest BCUT2D eigenvalue weighted by Gasteiger charge is -2.13. The van der Waals surface area contributed by atoms with E-state index in [4.69, 9.17) is 20.2 Å². The molecule has 0 rings (SSSR count). The Labute approximate surface area is 96.3 Å². The summed E-state index contributed by atoms with van der Waals surface area (Å²) in [5.74, 6) is -0.0613. The van der Waals surface area contributed by atoms with E-state index in [1.807, 2.05) is 13.8 Å². The van der Waals surface area contributed by atoms with Gasteiger partial charge in [0.05, 0.1) is 25.6 Å². The summed E-state index contributed by atoms with van der Waals surface area (Å²) < 4.78 is 32.0. The van der Waals surface area contributed by atoms with Crippen LogP contribution in [0.1, 0.15) is 20.3 Å². The first-order chi connectivity index (χ1) is 6.99. The van der Waals surface area contributed by atoms with Crippen LogP contribution in [0.5, 0.6) is 0 Å². The minimum absolute atomic E-state index is 0.0281. The van der Waals surface area contributed by atoms with Crippen molar-refractivity contribution in [3.05, 3.63) is 0 Å². The molecule has 0 bridgehead atoms. The van der Waals surface area contributed by atoms with Crippen LogP contribution in [0.25, 0.3) is 0 Å². The third-order valence-corrected chi connectivity index (χ3v) is 3.19. The molecule has 0 aliphatic carbocycles. The van der Waals surface area contributed by atoms with Crippen LogP contribution >= 0.6 is 10.7 Å². The van der Waals surface area contributed by atoms with Crippen LogP contribution in [0.2, 0.25) is 0 Å². The molecule has 1 atom stereocenters. The van der Waals surface area contributed by atoms with Gasteiger partial charge < -0.3 is 9.47 Å². The Morgan fingerprint density at radius 3 is 2.27 bits per heavy atom. The van der Waals surface area contributed by atoms with Crippen LogP contribution in [-0.4, -0.2) is 40.6 Å². The summed E-state index contributed by atoms with van der Waals surface area (Å²) in [6.45, 7) is 5.94. The molecule has 0 saturated heterocycles. The van der Waals surface area contributed by atoms with Gasteiger partial charge in [0.1, 0.15) is 0 Å². The fourth-order valence-electron chi connectivity index (χ4n) is 1.08. The van der Waals surface area contributed by atoms with Crippen molar-refractivity contribution in [1.82, 2.24) is 0 Å². The molecule has 0 aliphatic rings. The zero-order chi connectivity index (χ0) is 11.7. The highest BCUT2D eigenvalue weighted by molar-refractivity contribution is 8.13. The second-order valence-electron chi connectivity index (χ2n) is 3.25. The topological polar surface area (TPSA) is 52.6 Å². The number of rotatable bonds is 9. The van der Waals surface area contributed by atoms with Gasteiger partial charge in [0.15, 0.2) is 0 Å². The minimum atomic E-state index is -3.42. The summed E-state index contributed by atoms with van der Waals surface area (Å²) in [6, 6.07) is 0. The van der Waals surface area contributed by atoms with Crippen molar-refractivity contribution < 1.29 is 17.9 Å². The van der Waals surface area contributed by atoms with E-state index in [9.17, 15) is 8.42 Å². The SMILES string of the molecule is CCOCCOCC(CC)CS(=O)(=O)Cl. The van der Waals surface area contributed by atoms with Crippen LogP contribution in [0.15, 0.2) is 0 Å². The molecule has 0 fully saturated rings. The molecular weight excluding hydrogens is 240 g/mol. The molecule has 15 heavy (non-hydrogen) atoms. The summed E-state index contributed by atoms with van der Waals surface area (Å²) in [4.78, 5) is 0. The maximum absolute atomic E-state index is 10.8. The largest absolute Gasteiger partial charge is 0.379 e. The number of ether oxygens (including phenoxy) is 2. The lowest BCUT2D eigenvalue weighted by molar-refractivity contribution is 0.0398. The standard InChI is InChI=1S/C9H19ClO4S/c1-3-9(8-15(10,11)12)7-14-6-5-13-4-2/h9H,3-8H2,1-2H3. The first kappa shape index (κ1) is 15.2. The molecule has 4 nitrogen and oxygen atoms in total. The molecule has 0 saturated carbocycles. The third kappa shape index (κ3) is 10.4. The van der Waals surface area contributed by atoms with Crippen molar-refractivity contribution in [2.45, 2.75) is 20.3 Å². The van der Waals surface area contributed by atoms with Crippen molar-refractivity contribution in [2.24, 2.45) is 5.92 Å². The molecule has 92 valence electrons. The summed E-state index contributed by atoms with van der Waals surface area (Å²) >= 11 is 0. The van der Waals surface area contributed by atoms with E-state index in [0.717, 1.165) is 6.42 Å². The van der Waals surface area contributed by atoms with Gasteiger partial charge in [-0.3, -0.25) is 0 Å². The maximum atomic E-state index is 10.8. The highest BCUT2D eigenvalue weighted by atomic mass is 35.7. The van der Waals surface area contributed by atoms with Gasteiger partial charge in [-0.05, 0) is 12.8 Å². The molecule has 6 heteroatoms. The van der Waals surface area contributed by atoms with Crippen molar-refractivity contribution in [1.29, 1.82) is 0 Å². The predicted molar refractivity (Wildman–Crippen MR) is 60.7 cm³/mol. The number of halogens is 1. The van der Waals surface area contributed by atoms with Crippen molar-refractivity contribution in [2.75, 3.05) is 32.2 Å². The molecule has 0 aliphatic heterocycles. The zero-order valence-electron chi connectivity index (χ0n) is 9.24. The van der Waals surface area contributed by atoms with Gasteiger partial charge in [0.25, 0.3) is 0 Å². The van der Waals surface area contributed by atoms with E-state index in [1.165, 1.54) is 0 Å². The Bertz CT molecular complexity index is 240. The number of hydrogen-bond donors (Lipinski definition) is 0. The average molecular weight is 259 g/mol. The summed E-state index contributed by atoms with van der Waals surface area (Å²) in [7, 11) is 1.74. The van der Waals surface area contributed by atoms with Gasteiger partial charge >= 0.3 is 0 Å². The predicted octanol–water partition coefficient (Wildman–Crippen LogP) is 1.63. The zero-order valence-corrected chi connectivity index (χ0v) is 10.8. The van der Waals surface area contributed by atoms with Gasteiger partial charge in [-0.2, -0.15) is 0 Å². The quantitative estimate of drug-likeness (QED) is 0.466. The Balaban J connectivity index is 3.62. The van der Waals surface area contributed by atoms with Crippen LogP contribution in [0.3, 0.4) is 0 Å². The maximum Gasteiger partial charge on any atom is 0.232 e. The van der Waals surface area contributed by atoms with Crippen molar-refractivity contribution >= 4 is 19.7 Å². The van der Waals surface area contributed by atoms with Crippen LogP contribution < -0.4 is 0 Å².